The number of thiocarbonyl (C=S) groups is 1. The summed E-state index contributed by atoms with van der Waals surface area (Å²) in [4.78, 5) is 0. The van der Waals surface area contributed by atoms with Gasteiger partial charge in [0.15, 0.2) is 14.9 Å². The first-order chi connectivity index (χ1) is 10.3. The number of benzene rings is 1. The molecular weight excluding hydrogens is 318 g/mol. The van der Waals surface area contributed by atoms with Gasteiger partial charge in [-0.05, 0) is 51.5 Å². The molecule has 2 rings (SSSR count). The van der Waals surface area contributed by atoms with Crippen LogP contribution in [0.4, 0.5) is 5.69 Å². The summed E-state index contributed by atoms with van der Waals surface area (Å²) in [6.45, 7) is 5.75. The van der Waals surface area contributed by atoms with Crippen LogP contribution in [0.15, 0.2) is 29.4 Å². The Hall–Kier alpha value is -1.47. The minimum atomic E-state index is -2.99. The minimum Gasteiger partial charge on any atom is -0.331 e. The molecule has 7 heteroatoms. The topological polar surface area (TPSA) is 61.8 Å². The second kappa shape index (κ2) is 6.75. The minimum absolute atomic E-state index is 0.0967. The van der Waals surface area contributed by atoms with Crippen molar-refractivity contribution in [3.8, 4) is 0 Å². The lowest BCUT2D eigenvalue weighted by Gasteiger charge is -2.26. The molecule has 120 valence electrons. The molecule has 22 heavy (non-hydrogen) atoms. The summed E-state index contributed by atoms with van der Waals surface area (Å²) in [6, 6.07) is 7.65. The van der Waals surface area contributed by atoms with E-state index in [4.69, 9.17) is 12.2 Å². The molecule has 1 atom stereocenters. The maximum Gasteiger partial charge on any atom is 0.194 e. The van der Waals surface area contributed by atoms with Crippen molar-refractivity contribution < 1.29 is 8.42 Å². The molecule has 0 bridgehead atoms. The molecular formula is C15H21N3O2S2. The van der Waals surface area contributed by atoms with Crippen molar-refractivity contribution >= 4 is 38.6 Å². The molecule has 0 amide bonds. The van der Waals surface area contributed by atoms with Crippen LogP contribution in [0.3, 0.4) is 0 Å². The zero-order chi connectivity index (χ0) is 16.3. The van der Waals surface area contributed by atoms with Crippen LogP contribution >= 0.6 is 12.2 Å². The monoisotopic (exact) mass is 339 g/mol. The number of hydrogen-bond acceptors (Lipinski definition) is 4. The van der Waals surface area contributed by atoms with Crippen molar-refractivity contribution in [2.45, 2.75) is 33.2 Å². The normalized spacial score (nSPS) is 19.5. The van der Waals surface area contributed by atoms with E-state index in [1.807, 2.05) is 45.0 Å². The Morgan fingerprint density at radius 3 is 2.45 bits per heavy atom. The Bertz CT molecular complexity index is 677. The summed E-state index contributed by atoms with van der Waals surface area (Å²) >= 11 is 5.43. The van der Waals surface area contributed by atoms with Gasteiger partial charge in [-0.25, -0.2) is 13.4 Å². The lowest BCUT2D eigenvalue weighted by Crippen LogP contribution is -2.40. The van der Waals surface area contributed by atoms with Gasteiger partial charge in [-0.2, -0.15) is 5.10 Å². The summed E-state index contributed by atoms with van der Waals surface area (Å²) < 4.78 is 23.4. The highest BCUT2D eigenvalue weighted by atomic mass is 32.2. The Labute approximate surface area is 137 Å². The van der Waals surface area contributed by atoms with Crippen molar-refractivity contribution in [2.24, 2.45) is 5.10 Å². The summed E-state index contributed by atoms with van der Waals surface area (Å²) in [7, 11) is -2.99. The molecule has 1 N–H and O–H groups in total. The Morgan fingerprint density at radius 1 is 1.32 bits per heavy atom. The van der Waals surface area contributed by atoms with Crippen LogP contribution in [0.5, 0.6) is 0 Å². The predicted molar refractivity (Wildman–Crippen MR) is 95.1 cm³/mol. The molecule has 1 aromatic carbocycles. The number of aryl methyl sites for hydroxylation is 1. The zero-order valence-corrected chi connectivity index (χ0v) is 14.7. The first-order valence-electron chi connectivity index (χ1n) is 7.16. The van der Waals surface area contributed by atoms with Gasteiger partial charge in [-0.3, -0.25) is 0 Å². The van der Waals surface area contributed by atoms with E-state index in [-0.39, 0.29) is 17.5 Å². The van der Waals surface area contributed by atoms with Gasteiger partial charge < -0.3 is 5.32 Å². The highest BCUT2D eigenvalue weighted by Gasteiger charge is 2.33. The van der Waals surface area contributed by atoms with Crippen molar-refractivity contribution in [3.63, 3.8) is 0 Å². The molecule has 1 aliphatic heterocycles. The highest BCUT2D eigenvalue weighted by Crippen LogP contribution is 2.20. The van der Waals surface area contributed by atoms with E-state index in [0.717, 1.165) is 17.0 Å². The number of hydrogen-bond donors (Lipinski definition) is 1. The van der Waals surface area contributed by atoms with E-state index < -0.39 is 9.84 Å². The van der Waals surface area contributed by atoms with Gasteiger partial charge >= 0.3 is 0 Å². The average molecular weight is 339 g/mol. The number of sulfone groups is 1. The number of nitrogens with one attached hydrogen (secondary N) is 1. The van der Waals surface area contributed by atoms with Gasteiger partial charge in [0.2, 0.25) is 0 Å². The van der Waals surface area contributed by atoms with Crippen LogP contribution in [-0.4, -0.2) is 41.8 Å². The fraction of sp³-hybridized carbons (Fsp3) is 0.467. The Kier molecular flexibility index (Phi) is 5.18. The van der Waals surface area contributed by atoms with Gasteiger partial charge in [0.25, 0.3) is 0 Å². The summed E-state index contributed by atoms with van der Waals surface area (Å²) in [6.07, 6.45) is 0.550. The molecule has 1 heterocycles. The van der Waals surface area contributed by atoms with Gasteiger partial charge in [-0.1, -0.05) is 17.7 Å². The maximum absolute atomic E-state index is 11.7. The summed E-state index contributed by atoms with van der Waals surface area (Å²) in [5.74, 6) is 0.291. The smallest absolute Gasteiger partial charge is 0.194 e. The predicted octanol–water partition coefficient (Wildman–Crippen LogP) is 2.58. The third kappa shape index (κ3) is 4.51. The molecule has 1 fully saturated rings. The van der Waals surface area contributed by atoms with E-state index in [2.05, 4.69) is 10.4 Å². The van der Waals surface area contributed by atoms with Crippen molar-refractivity contribution in [3.05, 3.63) is 29.8 Å². The van der Waals surface area contributed by atoms with E-state index in [9.17, 15) is 8.42 Å². The lowest BCUT2D eigenvalue weighted by molar-refractivity contribution is 0.356. The molecule has 0 aliphatic carbocycles. The number of anilines is 1. The Balaban J connectivity index is 2.16. The summed E-state index contributed by atoms with van der Waals surface area (Å²) in [5.41, 5.74) is 2.86. The van der Waals surface area contributed by atoms with Crippen LogP contribution in [0.2, 0.25) is 0 Å². The molecule has 0 aromatic heterocycles. The van der Waals surface area contributed by atoms with Crippen LogP contribution in [0.25, 0.3) is 0 Å². The van der Waals surface area contributed by atoms with Crippen molar-refractivity contribution in [2.75, 3.05) is 16.8 Å². The largest absolute Gasteiger partial charge is 0.331 e. The van der Waals surface area contributed by atoms with E-state index in [1.54, 1.807) is 5.01 Å². The quantitative estimate of drug-likeness (QED) is 0.521. The average Bonchev–Trinajstić information content (AvgIpc) is 2.78. The SMILES string of the molecule is CC(C)=NN(C(=S)Nc1ccc(C)cc1)[C@@H]1CCS(=O)(=O)C1. The van der Waals surface area contributed by atoms with Gasteiger partial charge in [-0.15, -0.1) is 0 Å². The molecule has 1 saturated heterocycles. The van der Waals surface area contributed by atoms with Gasteiger partial charge in [0.05, 0.1) is 17.5 Å². The molecule has 0 unspecified atom stereocenters. The van der Waals surface area contributed by atoms with E-state index in [1.165, 1.54) is 0 Å². The summed E-state index contributed by atoms with van der Waals surface area (Å²) in [5, 5.41) is 9.61. The third-order valence-electron chi connectivity index (χ3n) is 3.37. The standard InChI is InChI=1S/C15H21N3O2S2/c1-11(2)17-18(14-8-9-22(19,20)10-14)15(21)16-13-6-4-12(3)5-7-13/h4-7,14H,8-10H2,1-3H3,(H,16,21)/t14-/m1/s1. The molecule has 5 nitrogen and oxygen atoms in total. The van der Waals surface area contributed by atoms with Crippen molar-refractivity contribution in [1.29, 1.82) is 0 Å². The number of hydrazone groups is 1. The van der Waals surface area contributed by atoms with Crippen LogP contribution in [0.1, 0.15) is 25.8 Å². The Morgan fingerprint density at radius 2 is 1.95 bits per heavy atom. The van der Waals surface area contributed by atoms with Gasteiger partial charge in [0.1, 0.15) is 0 Å². The van der Waals surface area contributed by atoms with Gasteiger partial charge in [0, 0.05) is 11.4 Å². The lowest BCUT2D eigenvalue weighted by atomic mass is 10.2. The zero-order valence-electron chi connectivity index (χ0n) is 13.0. The number of nitrogens with zero attached hydrogens (tertiary/aromatic N) is 2. The molecule has 0 saturated carbocycles. The first kappa shape index (κ1) is 16.9. The maximum atomic E-state index is 11.7. The highest BCUT2D eigenvalue weighted by molar-refractivity contribution is 7.91. The van der Waals surface area contributed by atoms with Crippen LogP contribution in [0, 0.1) is 6.92 Å². The van der Waals surface area contributed by atoms with E-state index in [0.29, 0.717) is 11.5 Å². The van der Waals surface area contributed by atoms with Crippen LogP contribution < -0.4 is 5.32 Å². The number of rotatable bonds is 3. The second-order valence-electron chi connectivity index (χ2n) is 5.74. The molecule has 0 radical (unpaired) electrons. The molecule has 0 spiro atoms. The first-order valence-corrected chi connectivity index (χ1v) is 9.39. The van der Waals surface area contributed by atoms with E-state index >= 15 is 0 Å². The van der Waals surface area contributed by atoms with Crippen molar-refractivity contribution in [1.82, 2.24) is 5.01 Å². The fourth-order valence-corrected chi connectivity index (χ4v) is 4.29. The molecule has 1 aromatic rings. The van der Waals surface area contributed by atoms with Crippen LogP contribution in [-0.2, 0) is 9.84 Å². The fourth-order valence-electron chi connectivity index (χ4n) is 2.29. The molecule has 1 aliphatic rings. The third-order valence-corrected chi connectivity index (χ3v) is 5.41. The second-order valence-corrected chi connectivity index (χ2v) is 8.36.